The van der Waals surface area contributed by atoms with Crippen LogP contribution in [0, 0.1) is 5.41 Å². The lowest BCUT2D eigenvalue weighted by Crippen LogP contribution is -2.51. The fourth-order valence-corrected chi connectivity index (χ4v) is 5.31. The van der Waals surface area contributed by atoms with Gasteiger partial charge in [0.15, 0.2) is 0 Å². The minimum atomic E-state index is -0.530. The molecule has 0 spiro atoms. The SMILES string of the molecule is CCc1ccc(CCNC(=O)C2(Cc3ccccc3)CCN(C(=O)c3ccc4nc[nH]c4c3)CC2)cc1. The monoisotopic (exact) mass is 494 g/mol. The lowest BCUT2D eigenvalue weighted by molar-refractivity contribution is -0.133. The number of fused-ring (bicyclic) bond motifs is 1. The number of carbonyl (C=O) groups excluding carboxylic acids is 2. The van der Waals surface area contributed by atoms with Crippen molar-refractivity contribution in [3.05, 3.63) is 101 Å². The third-order valence-electron chi connectivity index (χ3n) is 7.67. The molecule has 6 heteroatoms. The van der Waals surface area contributed by atoms with Gasteiger partial charge in [-0.25, -0.2) is 4.98 Å². The first kappa shape index (κ1) is 24.8. The molecule has 0 unspecified atom stereocenters. The van der Waals surface area contributed by atoms with E-state index in [0.717, 1.165) is 29.4 Å². The molecule has 0 aliphatic carbocycles. The highest BCUT2D eigenvalue weighted by atomic mass is 16.2. The molecule has 1 aromatic heterocycles. The van der Waals surface area contributed by atoms with Gasteiger partial charge < -0.3 is 15.2 Å². The van der Waals surface area contributed by atoms with Gasteiger partial charge in [0.25, 0.3) is 5.91 Å². The number of hydrogen-bond acceptors (Lipinski definition) is 3. The summed E-state index contributed by atoms with van der Waals surface area (Å²) in [5.41, 5.74) is 5.50. The molecule has 3 aromatic carbocycles. The quantitative estimate of drug-likeness (QED) is 0.364. The summed E-state index contributed by atoms with van der Waals surface area (Å²) in [6.45, 7) is 3.86. The predicted octanol–water partition coefficient (Wildman–Crippen LogP) is 4.95. The van der Waals surface area contributed by atoms with Gasteiger partial charge >= 0.3 is 0 Å². The van der Waals surface area contributed by atoms with Gasteiger partial charge in [0.05, 0.1) is 22.8 Å². The lowest BCUT2D eigenvalue weighted by Gasteiger charge is -2.41. The van der Waals surface area contributed by atoms with E-state index in [-0.39, 0.29) is 11.8 Å². The molecule has 2 N–H and O–H groups in total. The summed E-state index contributed by atoms with van der Waals surface area (Å²) in [7, 11) is 0. The maximum atomic E-state index is 13.7. The molecule has 2 amide bonds. The summed E-state index contributed by atoms with van der Waals surface area (Å²) in [4.78, 5) is 36.1. The average Bonchev–Trinajstić information content (AvgIpc) is 3.42. The molecular formula is C31H34N4O2. The lowest BCUT2D eigenvalue weighted by atomic mass is 9.72. The molecule has 2 heterocycles. The van der Waals surface area contributed by atoms with Gasteiger partial charge in [-0.1, -0.05) is 61.5 Å². The van der Waals surface area contributed by atoms with E-state index in [1.54, 1.807) is 6.33 Å². The number of carbonyl (C=O) groups is 2. The summed E-state index contributed by atoms with van der Waals surface area (Å²) < 4.78 is 0. The van der Waals surface area contributed by atoms with Crippen LogP contribution >= 0.6 is 0 Å². The normalized spacial score (nSPS) is 15.0. The van der Waals surface area contributed by atoms with Crippen molar-refractivity contribution in [3.8, 4) is 0 Å². The van der Waals surface area contributed by atoms with Crippen LogP contribution in [0.1, 0.15) is 46.8 Å². The van der Waals surface area contributed by atoms with Crippen molar-refractivity contribution in [2.45, 2.75) is 39.0 Å². The Morgan fingerprint density at radius 1 is 0.946 bits per heavy atom. The van der Waals surface area contributed by atoms with Crippen LogP contribution in [0.5, 0.6) is 0 Å². The van der Waals surface area contributed by atoms with E-state index >= 15 is 0 Å². The first-order valence-corrected chi connectivity index (χ1v) is 13.2. The standard InChI is InChI=1S/C31H34N4O2/c1-2-23-8-10-24(11-9-23)14-17-32-30(37)31(21-25-6-4-3-5-7-25)15-18-35(19-16-31)29(36)26-12-13-27-28(20-26)34-22-33-27/h3-13,20,22H,2,14-19,21H2,1H3,(H,32,37)(H,33,34). The Bertz CT molecular complexity index is 1350. The Kier molecular flexibility index (Phi) is 7.35. The molecule has 6 nitrogen and oxygen atoms in total. The van der Waals surface area contributed by atoms with Crippen molar-refractivity contribution in [1.29, 1.82) is 0 Å². The molecule has 0 bridgehead atoms. The van der Waals surface area contributed by atoms with Crippen LogP contribution in [0.2, 0.25) is 0 Å². The van der Waals surface area contributed by atoms with Crippen LogP contribution in [0.4, 0.5) is 0 Å². The van der Waals surface area contributed by atoms with E-state index in [4.69, 9.17) is 0 Å². The van der Waals surface area contributed by atoms with E-state index < -0.39 is 5.41 Å². The summed E-state index contributed by atoms with van der Waals surface area (Å²) >= 11 is 0. The summed E-state index contributed by atoms with van der Waals surface area (Å²) in [5.74, 6) is 0.0910. The number of nitrogens with one attached hydrogen (secondary N) is 2. The van der Waals surface area contributed by atoms with Crippen LogP contribution in [0.3, 0.4) is 0 Å². The number of H-pyrrole nitrogens is 1. The minimum absolute atomic E-state index is 0.000690. The maximum absolute atomic E-state index is 13.7. The fourth-order valence-electron chi connectivity index (χ4n) is 5.31. The number of aromatic amines is 1. The predicted molar refractivity (Wildman–Crippen MR) is 146 cm³/mol. The fraction of sp³-hybridized carbons (Fsp3) is 0.323. The van der Waals surface area contributed by atoms with Gasteiger partial charge in [-0.3, -0.25) is 9.59 Å². The number of nitrogens with zero attached hydrogens (tertiary/aromatic N) is 2. The number of benzene rings is 3. The van der Waals surface area contributed by atoms with Gasteiger partial charge in [-0.2, -0.15) is 0 Å². The number of imidazole rings is 1. The Morgan fingerprint density at radius 2 is 1.68 bits per heavy atom. The molecule has 1 saturated heterocycles. The average molecular weight is 495 g/mol. The maximum Gasteiger partial charge on any atom is 0.253 e. The Morgan fingerprint density at radius 3 is 2.41 bits per heavy atom. The molecule has 1 fully saturated rings. The molecule has 1 aliphatic heterocycles. The molecule has 1 aliphatic rings. The van der Waals surface area contributed by atoms with Crippen molar-refractivity contribution in [3.63, 3.8) is 0 Å². The Hall–Kier alpha value is -3.93. The first-order chi connectivity index (χ1) is 18.1. The van der Waals surface area contributed by atoms with Crippen molar-refractivity contribution in [1.82, 2.24) is 20.2 Å². The van der Waals surface area contributed by atoms with E-state index in [2.05, 4.69) is 58.6 Å². The molecule has 5 rings (SSSR count). The smallest absolute Gasteiger partial charge is 0.253 e. The van der Waals surface area contributed by atoms with Crippen LogP contribution in [-0.4, -0.2) is 46.3 Å². The van der Waals surface area contributed by atoms with Crippen LogP contribution < -0.4 is 5.32 Å². The van der Waals surface area contributed by atoms with E-state index in [0.29, 0.717) is 44.5 Å². The second-order valence-electron chi connectivity index (χ2n) is 10.0. The largest absolute Gasteiger partial charge is 0.355 e. The number of aryl methyl sites for hydroxylation is 1. The van der Waals surface area contributed by atoms with Crippen molar-refractivity contribution in [2.24, 2.45) is 5.41 Å². The zero-order valence-corrected chi connectivity index (χ0v) is 21.4. The summed E-state index contributed by atoms with van der Waals surface area (Å²) in [5, 5.41) is 3.23. The second kappa shape index (κ2) is 11.0. The third-order valence-corrected chi connectivity index (χ3v) is 7.67. The van der Waals surface area contributed by atoms with Gasteiger partial charge in [0.2, 0.25) is 5.91 Å². The number of amides is 2. The minimum Gasteiger partial charge on any atom is -0.355 e. The highest BCUT2D eigenvalue weighted by Gasteiger charge is 2.42. The number of hydrogen-bond donors (Lipinski definition) is 2. The highest BCUT2D eigenvalue weighted by molar-refractivity contribution is 5.97. The van der Waals surface area contributed by atoms with Gasteiger partial charge in [-0.05, 0) is 67.0 Å². The molecule has 0 atom stereocenters. The molecular weight excluding hydrogens is 460 g/mol. The second-order valence-corrected chi connectivity index (χ2v) is 10.0. The topological polar surface area (TPSA) is 78.1 Å². The summed E-state index contributed by atoms with van der Waals surface area (Å²) in [6, 6.07) is 24.4. The van der Waals surface area contributed by atoms with Gasteiger partial charge in [-0.15, -0.1) is 0 Å². The van der Waals surface area contributed by atoms with Crippen molar-refractivity contribution in [2.75, 3.05) is 19.6 Å². The Balaban J connectivity index is 1.26. The van der Waals surface area contributed by atoms with Crippen molar-refractivity contribution >= 4 is 22.8 Å². The van der Waals surface area contributed by atoms with Crippen LogP contribution in [0.15, 0.2) is 79.1 Å². The number of aromatic nitrogens is 2. The molecule has 0 radical (unpaired) electrons. The molecule has 190 valence electrons. The zero-order chi connectivity index (χ0) is 25.7. The zero-order valence-electron chi connectivity index (χ0n) is 21.4. The van der Waals surface area contributed by atoms with Gasteiger partial charge in [0, 0.05) is 25.2 Å². The Labute approximate surface area is 218 Å². The van der Waals surface area contributed by atoms with Gasteiger partial charge in [0.1, 0.15) is 0 Å². The summed E-state index contributed by atoms with van der Waals surface area (Å²) in [6.07, 6.45) is 5.41. The third kappa shape index (κ3) is 5.58. The number of piperidine rings is 1. The van der Waals surface area contributed by atoms with E-state index in [1.165, 1.54) is 11.1 Å². The molecule has 37 heavy (non-hydrogen) atoms. The molecule has 4 aromatic rings. The van der Waals surface area contributed by atoms with Crippen LogP contribution in [-0.2, 0) is 24.1 Å². The van der Waals surface area contributed by atoms with E-state index in [9.17, 15) is 9.59 Å². The number of likely N-dealkylation sites (tertiary alicyclic amines) is 1. The number of rotatable bonds is 8. The van der Waals surface area contributed by atoms with Crippen molar-refractivity contribution < 1.29 is 9.59 Å². The molecule has 0 saturated carbocycles. The highest BCUT2D eigenvalue weighted by Crippen LogP contribution is 2.36. The first-order valence-electron chi connectivity index (χ1n) is 13.2. The van der Waals surface area contributed by atoms with E-state index in [1.807, 2.05) is 41.3 Å². The van der Waals surface area contributed by atoms with Crippen LogP contribution in [0.25, 0.3) is 11.0 Å².